The SMILES string of the molecule is Cc1ccc(C(C)C)cc1-c1nn(C)c(N)c1Br. The van der Waals surface area contributed by atoms with Crippen molar-refractivity contribution in [1.82, 2.24) is 9.78 Å². The van der Waals surface area contributed by atoms with Gasteiger partial charge in [0, 0.05) is 12.6 Å². The lowest BCUT2D eigenvalue weighted by atomic mass is 9.96. The van der Waals surface area contributed by atoms with Crippen molar-refractivity contribution in [3.05, 3.63) is 33.8 Å². The van der Waals surface area contributed by atoms with Crippen LogP contribution in [0.15, 0.2) is 22.7 Å². The minimum absolute atomic E-state index is 0.504. The Morgan fingerprint density at radius 3 is 2.50 bits per heavy atom. The summed E-state index contributed by atoms with van der Waals surface area (Å²) in [7, 11) is 1.85. The van der Waals surface area contributed by atoms with E-state index in [1.165, 1.54) is 11.1 Å². The zero-order valence-corrected chi connectivity index (χ0v) is 12.7. The van der Waals surface area contributed by atoms with Gasteiger partial charge in [0.05, 0.1) is 4.47 Å². The van der Waals surface area contributed by atoms with Gasteiger partial charge in [-0.25, -0.2) is 0 Å². The third-order valence-electron chi connectivity index (χ3n) is 3.21. The minimum Gasteiger partial charge on any atom is -0.383 e. The molecule has 0 aliphatic rings. The minimum atomic E-state index is 0.504. The summed E-state index contributed by atoms with van der Waals surface area (Å²) in [5.74, 6) is 1.16. The van der Waals surface area contributed by atoms with Crippen LogP contribution in [0.25, 0.3) is 11.3 Å². The van der Waals surface area contributed by atoms with Gasteiger partial charge in [0.2, 0.25) is 0 Å². The van der Waals surface area contributed by atoms with Gasteiger partial charge < -0.3 is 5.73 Å². The Morgan fingerprint density at radius 2 is 2.00 bits per heavy atom. The van der Waals surface area contributed by atoms with Crippen LogP contribution in [-0.2, 0) is 7.05 Å². The molecular weight excluding hydrogens is 290 g/mol. The number of anilines is 1. The standard InChI is InChI=1S/C14H18BrN3/c1-8(2)10-6-5-9(3)11(7-10)13-12(15)14(16)18(4)17-13/h5-8H,16H2,1-4H3. The second kappa shape index (κ2) is 4.76. The lowest BCUT2D eigenvalue weighted by Gasteiger charge is -2.10. The molecule has 3 nitrogen and oxygen atoms in total. The molecule has 0 bridgehead atoms. The van der Waals surface area contributed by atoms with E-state index in [2.05, 4.69) is 60.0 Å². The highest BCUT2D eigenvalue weighted by Crippen LogP contribution is 2.34. The molecule has 2 N–H and O–H groups in total. The van der Waals surface area contributed by atoms with Crippen LogP contribution in [0.3, 0.4) is 0 Å². The highest BCUT2D eigenvalue weighted by Gasteiger charge is 2.15. The molecule has 0 fully saturated rings. The zero-order valence-electron chi connectivity index (χ0n) is 11.2. The summed E-state index contributed by atoms with van der Waals surface area (Å²) in [5, 5.41) is 4.49. The second-order valence-electron chi connectivity index (χ2n) is 4.90. The highest BCUT2D eigenvalue weighted by atomic mass is 79.9. The Labute approximate surface area is 116 Å². The van der Waals surface area contributed by atoms with Gasteiger partial charge >= 0.3 is 0 Å². The Balaban J connectivity index is 2.62. The Hall–Kier alpha value is -1.29. The summed E-state index contributed by atoms with van der Waals surface area (Å²) in [5.41, 5.74) is 10.5. The average molecular weight is 308 g/mol. The molecule has 0 aliphatic heterocycles. The summed E-state index contributed by atoms with van der Waals surface area (Å²) in [6.45, 7) is 6.48. The number of aryl methyl sites for hydroxylation is 2. The van der Waals surface area contributed by atoms with E-state index in [4.69, 9.17) is 5.73 Å². The highest BCUT2D eigenvalue weighted by molar-refractivity contribution is 9.10. The van der Waals surface area contributed by atoms with Crippen LogP contribution >= 0.6 is 15.9 Å². The van der Waals surface area contributed by atoms with Gasteiger partial charge in [-0.3, -0.25) is 4.68 Å². The fourth-order valence-electron chi connectivity index (χ4n) is 1.94. The molecule has 0 amide bonds. The van der Waals surface area contributed by atoms with Gasteiger partial charge in [-0.05, 0) is 46.0 Å². The van der Waals surface area contributed by atoms with Crippen LogP contribution in [0.5, 0.6) is 0 Å². The van der Waals surface area contributed by atoms with E-state index in [9.17, 15) is 0 Å². The fourth-order valence-corrected chi connectivity index (χ4v) is 2.49. The summed E-state index contributed by atoms with van der Waals surface area (Å²) in [4.78, 5) is 0. The number of halogens is 1. The molecule has 96 valence electrons. The van der Waals surface area contributed by atoms with Gasteiger partial charge in [-0.1, -0.05) is 26.0 Å². The number of hydrogen-bond acceptors (Lipinski definition) is 2. The van der Waals surface area contributed by atoms with E-state index in [0.717, 1.165) is 15.7 Å². The van der Waals surface area contributed by atoms with E-state index >= 15 is 0 Å². The Bertz CT molecular complexity index is 585. The third kappa shape index (κ3) is 2.17. The topological polar surface area (TPSA) is 43.8 Å². The van der Waals surface area contributed by atoms with Gasteiger partial charge in [-0.15, -0.1) is 0 Å². The van der Waals surface area contributed by atoms with Gasteiger partial charge in [-0.2, -0.15) is 5.10 Å². The molecule has 1 aromatic carbocycles. The normalized spacial score (nSPS) is 11.2. The van der Waals surface area contributed by atoms with Crippen molar-refractivity contribution < 1.29 is 0 Å². The largest absolute Gasteiger partial charge is 0.383 e. The first-order chi connectivity index (χ1) is 8.41. The van der Waals surface area contributed by atoms with Crippen LogP contribution in [0, 0.1) is 6.92 Å². The quantitative estimate of drug-likeness (QED) is 0.915. The third-order valence-corrected chi connectivity index (χ3v) is 4.00. The number of aromatic nitrogens is 2. The van der Waals surface area contributed by atoms with Gasteiger partial charge in [0.25, 0.3) is 0 Å². The molecule has 0 unspecified atom stereocenters. The van der Waals surface area contributed by atoms with Crippen molar-refractivity contribution >= 4 is 21.7 Å². The van der Waals surface area contributed by atoms with Crippen molar-refractivity contribution in [2.75, 3.05) is 5.73 Å². The van der Waals surface area contributed by atoms with Crippen molar-refractivity contribution in [3.8, 4) is 11.3 Å². The Morgan fingerprint density at radius 1 is 1.33 bits per heavy atom. The van der Waals surface area contributed by atoms with Crippen LogP contribution in [-0.4, -0.2) is 9.78 Å². The van der Waals surface area contributed by atoms with E-state index in [1.54, 1.807) is 4.68 Å². The first-order valence-electron chi connectivity index (χ1n) is 6.00. The summed E-state index contributed by atoms with van der Waals surface area (Å²) < 4.78 is 2.56. The van der Waals surface area contributed by atoms with Crippen molar-refractivity contribution in [2.24, 2.45) is 7.05 Å². The maximum absolute atomic E-state index is 5.94. The summed E-state index contributed by atoms with van der Waals surface area (Å²) >= 11 is 3.53. The number of nitrogens with two attached hydrogens (primary N) is 1. The molecule has 0 aliphatic carbocycles. The molecule has 0 atom stereocenters. The molecule has 1 heterocycles. The van der Waals surface area contributed by atoms with Gasteiger partial charge in [0.15, 0.2) is 0 Å². The molecule has 0 radical (unpaired) electrons. The molecule has 0 saturated carbocycles. The first-order valence-corrected chi connectivity index (χ1v) is 6.80. The number of nitrogens with zero attached hydrogens (tertiary/aromatic N) is 2. The van der Waals surface area contributed by atoms with Crippen LogP contribution in [0.2, 0.25) is 0 Å². The first kappa shape index (κ1) is 13.1. The van der Waals surface area contributed by atoms with E-state index in [0.29, 0.717) is 11.7 Å². The molecule has 2 rings (SSSR count). The van der Waals surface area contributed by atoms with E-state index in [1.807, 2.05) is 7.05 Å². The number of benzene rings is 1. The Kier molecular flexibility index (Phi) is 3.48. The molecule has 1 aromatic heterocycles. The maximum Gasteiger partial charge on any atom is 0.136 e. The van der Waals surface area contributed by atoms with Crippen molar-refractivity contribution in [1.29, 1.82) is 0 Å². The lowest BCUT2D eigenvalue weighted by molar-refractivity contribution is 0.781. The molecule has 0 saturated heterocycles. The molecule has 0 spiro atoms. The molecular formula is C14H18BrN3. The predicted molar refractivity (Wildman–Crippen MR) is 79.6 cm³/mol. The van der Waals surface area contributed by atoms with E-state index < -0.39 is 0 Å². The van der Waals surface area contributed by atoms with Crippen LogP contribution in [0.4, 0.5) is 5.82 Å². The van der Waals surface area contributed by atoms with Crippen molar-refractivity contribution in [2.45, 2.75) is 26.7 Å². The predicted octanol–water partition coefficient (Wildman–Crippen LogP) is 3.86. The maximum atomic E-state index is 5.94. The molecule has 4 heteroatoms. The molecule has 18 heavy (non-hydrogen) atoms. The van der Waals surface area contributed by atoms with E-state index in [-0.39, 0.29) is 0 Å². The lowest BCUT2D eigenvalue weighted by Crippen LogP contribution is -1.97. The average Bonchev–Trinajstić information content (AvgIpc) is 2.57. The zero-order chi connectivity index (χ0) is 13.4. The monoisotopic (exact) mass is 307 g/mol. The summed E-state index contributed by atoms with van der Waals surface area (Å²) in [6, 6.07) is 6.51. The number of rotatable bonds is 2. The van der Waals surface area contributed by atoms with Crippen molar-refractivity contribution in [3.63, 3.8) is 0 Å². The second-order valence-corrected chi connectivity index (χ2v) is 5.69. The van der Waals surface area contributed by atoms with Gasteiger partial charge in [0.1, 0.15) is 11.5 Å². The molecule has 2 aromatic rings. The van der Waals surface area contributed by atoms with Crippen LogP contribution in [0.1, 0.15) is 30.9 Å². The smallest absolute Gasteiger partial charge is 0.136 e. The fraction of sp³-hybridized carbons (Fsp3) is 0.357. The number of nitrogen functional groups attached to an aromatic ring is 1. The summed E-state index contributed by atoms with van der Waals surface area (Å²) in [6.07, 6.45) is 0. The van der Waals surface area contributed by atoms with Crippen LogP contribution < -0.4 is 5.73 Å². The number of hydrogen-bond donors (Lipinski definition) is 1.